The molecule has 1 saturated carbocycles. The van der Waals surface area contributed by atoms with Crippen LogP contribution in [0, 0.1) is 11.8 Å². The third-order valence-corrected chi connectivity index (χ3v) is 3.36. The molecule has 0 amide bonds. The first kappa shape index (κ1) is 12.0. The van der Waals surface area contributed by atoms with Crippen molar-refractivity contribution < 1.29 is 9.90 Å². The number of carbonyl (C=O) groups is 1. The topological polar surface area (TPSA) is 37.3 Å². The highest BCUT2D eigenvalue weighted by molar-refractivity contribution is 5.86. The van der Waals surface area contributed by atoms with Gasteiger partial charge in [0.15, 0.2) is 0 Å². The molecule has 0 heterocycles. The summed E-state index contributed by atoms with van der Waals surface area (Å²) < 4.78 is 0. The minimum Gasteiger partial charge on any atom is -0.478 e. The van der Waals surface area contributed by atoms with E-state index in [1.807, 2.05) is 6.08 Å². The first-order chi connectivity index (χ1) is 7.16. The Morgan fingerprint density at radius 2 is 2.00 bits per heavy atom. The van der Waals surface area contributed by atoms with Crippen LogP contribution in [-0.2, 0) is 4.79 Å². The Kier molecular flexibility index (Phi) is 4.60. The zero-order chi connectivity index (χ0) is 11.3. The second kappa shape index (κ2) is 5.74. The fourth-order valence-corrected chi connectivity index (χ4v) is 2.49. The second-order valence-electron chi connectivity index (χ2n) is 4.36. The maximum Gasteiger partial charge on any atom is 0.331 e. The zero-order valence-corrected chi connectivity index (χ0v) is 9.24. The molecule has 1 aliphatic rings. The number of rotatable bonds is 5. The molecule has 2 nitrogen and oxygen atoms in total. The number of hydrogen-bond donors (Lipinski definition) is 1. The van der Waals surface area contributed by atoms with Gasteiger partial charge in [-0.15, -0.1) is 6.58 Å². The van der Waals surface area contributed by atoms with Gasteiger partial charge in [-0.2, -0.15) is 0 Å². The van der Waals surface area contributed by atoms with Gasteiger partial charge < -0.3 is 5.11 Å². The van der Waals surface area contributed by atoms with E-state index in [0.717, 1.165) is 19.3 Å². The van der Waals surface area contributed by atoms with Crippen LogP contribution in [0.5, 0.6) is 0 Å². The lowest BCUT2D eigenvalue weighted by Crippen LogP contribution is -2.22. The molecule has 0 bridgehead atoms. The molecule has 1 unspecified atom stereocenters. The average molecular weight is 208 g/mol. The number of allylic oxidation sites excluding steroid dienone is 1. The fraction of sp³-hybridized carbons (Fsp3) is 0.615. The van der Waals surface area contributed by atoms with Gasteiger partial charge in [0.2, 0.25) is 0 Å². The Hall–Kier alpha value is -1.05. The van der Waals surface area contributed by atoms with Crippen LogP contribution in [0.15, 0.2) is 24.8 Å². The maximum atomic E-state index is 10.9. The van der Waals surface area contributed by atoms with E-state index in [1.54, 1.807) is 0 Å². The van der Waals surface area contributed by atoms with Gasteiger partial charge in [0.25, 0.3) is 0 Å². The van der Waals surface area contributed by atoms with Crippen molar-refractivity contribution >= 4 is 5.97 Å². The molecule has 1 N–H and O–H groups in total. The molecule has 0 saturated heterocycles. The number of carboxylic acids is 1. The van der Waals surface area contributed by atoms with E-state index in [0.29, 0.717) is 11.5 Å². The van der Waals surface area contributed by atoms with Crippen molar-refractivity contribution in [1.82, 2.24) is 0 Å². The van der Waals surface area contributed by atoms with Crippen LogP contribution in [0.1, 0.15) is 38.5 Å². The van der Waals surface area contributed by atoms with Gasteiger partial charge >= 0.3 is 5.97 Å². The standard InChI is InChI=1S/C13H20O2/c1-3-7-12(10(2)13(14)15)11-8-5-4-6-9-11/h3,11-12H,1-2,4-9H2,(H,14,15). The summed E-state index contributed by atoms with van der Waals surface area (Å²) in [6.07, 6.45) is 8.59. The minimum atomic E-state index is -0.854. The summed E-state index contributed by atoms with van der Waals surface area (Å²) in [5, 5.41) is 8.98. The van der Waals surface area contributed by atoms with Crippen LogP contribution >= 0.6 is 0 Å². The molecular formula is C13H20O2. The first-order valence-corrected chi connectivity index (χ1v) is 5.69. The molecule has 0 aromatic carbocycles. The summed E-state index contributed by atoms with van der Waals surface area (Å²) in [5.74, 6) is -0.256. The highest BCUT2D eigenvalue weighted by Gasteiger charge is 2.27. The molecule has 2 heteroatoms. The largest absolute Gasteiger partial charge is 0.478 e. The summed E-state index contributed by atoms with van der Waals surface area (Å²) in [5.41, 5.74) is 0.363. The number of hydrogen-bond acceptors (Lipinski definition) is 1. The van der Waals surface area contributed by atoms with E-state index < -0.39 is 5.97 Å². The lowest BCUT2D eigenvalue weighted by molar-refractivity contribution is -0.133. The van der Waals surface area contributed by atoms with Crippen molar-refractivity contribution in [1.29, 1.82) is 0 Å². The average Bonchev–Trinajstić information content (AvgIpc) is 2.26. The fourth-order valence-electron chi connectivity index (χ4n) is 2.49. The summed E-state index contributed by atoms with van der Waals surface area (Å²) in [6, 6.07) is 0. The Bertz CT molecular complexity index is 249. The van der Waals surface area contributed by atoms with Gasteiger partial charge in [-0.1, -0.05) is 31.9 Å². The Morgan fingerprint density at radius 3 is 2.47 bits per heavy atom. The molecule has 0 aliphatic heterocycles. The summed E-state index contributed by atoms with van der Waals surface area (Å²) in [6.45, 7) is 7.40. The van der Waals surface area contributed by atoms with Crippen molar-refractivity contribution in [2.75, 3.05) is 0 Å². The van der Waals surface area contributed by atoms with Crippen molar-refractivity contribution in [2.24, 2.45) is 11.8 Å². The SMILES string of the molecule is C=CCC(C(=C)C(=O)O)C1CCCCC1. The highest BCUT2D eigenvalue weighted by Crippen LogP contribution is 2.35. The molecule has 1 rings (SSSR count). The van der Waals surface area contributed by atoms with Crippen LogP contribution in [0.3, 0.4) is 0 Å². The van der Waals surface area contributed by atoms with Gasteiger partial charge in [0.05, 0.1) is 0 Å². The number of carboxylic acid groups (broad SMARTS) is 1. The van der Waals surface area contributed by atoms with Gasteiger partial charge in [-0.25, -0.2) is 4.79 Å². The lowest BCUT2D eigenvalue weighted by Gasteiger charge is -2.29. The molecule has 1 atom stereocenters. The van der Waals surface area contributed by atoms with Crippen LogP contribution < -0.4 is 0 Å². The Labute approximate surface area is 91.7 Å². The molecule has 84 valence electrons. The molecular weight excluding hydrogens is 188 g/mol. The lowest BCUT2D eigenvalue weighted by atomic mass is 9.75. The van der Waals surface area contributed by atoms with Crippen LogP contribution in [-0.4, -0.2) is 11.1 Å². The van der Waals surface area contributed by atoms with Gasteiger partial charge in [-0.3, -0.25) is 0 Å². The molecule has 1 aliphatic carbocycles. The van der Waals surface area contributed by atoms with Gasteiger partial charge in [0, 0.05) is 5.57 Å². The highest BCUT2D eigenvalue weighted by atomic mass is 16.4. The summed E-state index contributed by atoms with van der Waals surface area (Å²) in [4.78, 5) is 10.9. The predicted molar refractivity (Wildman–Crippen MR) is 61.7 cm³/mol. The number of aliphatic carboxylic acids is 1. The van der Waals surface area contributed by atoms with E-state index in [1.165, 1.54) is 19.3 Å². The monoisotopic (exact) mass is 208 g/mol. The molecule has 0 aromatic heterocycles. The smallest absolute Gasteiger partial charge is 0.331 e. The molecule has 0 spiro atoms. The summed E-state index contributed by atoms with van der Waals surface area (Å²) in [7, 11) is 0. The van der Waals surface area contributed by atoms with Crippen LogP contribution in [0.2, 0.25) is 0 Å². The van der Waals surface area contributed by atoms with Crippen molar-refractivity contribution in [3.63, 3.8) is 0 Å². The maximum absolute atomic E-state index is 10.9. The van der Waals surface area contributed by atoms with Crippen LogP contribution in [0.4, 0.5) is 0 Å². The van der Waals surface area contributed by atoms with Gasteiger partial charge in [0.1, 0.15) is 0 Å². The van der Waals surface area contributed by atoms with Crippen LogP contribution in [0.25, 0.3) is 0 Å². The molecule has 1 fully saturated rings. The third-order valence-electron chi connectivity index (χ3n) is 3.36. The van der Waals surface area contributed by atoms with E-state index in [2.05, 4.69) is 13.2 Å². The first-order valence-electron chi connectivity index (χ1n) is 5.69. The Morgan fingerprint density at radius 1 is 1.40 bits per heavy atom. The van der Waals surface area contributed by atoms with E-state index in [9.17, 15) is 4.79 Å². The van der Waals surface area contributed by atoms with Gasteiger partial charge in [-0.05, 0) is 31.1 Å². The zero-order valence-electron chi connectivity index (χ0n) is 9.24. The molecule has 15 heavy (non-hydrogen) atoms. The normalized spacial score (nSPS) is 19.5. The summed E-state index contributed by atoms with van der Waals surface area (Å²) >= 11 is 0. The van der Waals surface area contributed by atoms with E-state index in [-0.39, 0.29) is 5.92 Å². The van der Waals surface area contributed by atoms with E-state index >= 15 is 0 Å². The predicted octanol–water partition coefficient (Wildman–Crippen LogP) is 3.40. The van der Waals surface area contributed by atoms with Crippen molar-refractivity contribution in [3.05, 3.63) is 24.8 Å². The second-order valence-corrected chi connectivity index (χ2v) is 4.36. The van der Waals surface area contributed by atoms with E-state index in [4.69, 9.17) is 5.11 Å². The minimum absolute atomic E-state index is 0.0975. The van der Waals surface area contributed by atoms with Crippen molar-refractivity contribution in [2.45, 2.75) is 38.5 Å². The van der Waals surface area contributed by atoms with Crippen molar-refractivity contribution in [3.8, 4) is 0 Å². The quantitative estimate of drug-likeness (QED) is 0.555. The molecule has 0 aromatic rings. The third kappa shape index (κ3) is 3.22. The molecule has 0 radical (unpaired) electrons. The Balaban J connectivity index is 2.66.